The molecule has 0 spiro atoms. The molecule has 1 heterocycles. The van der Waals surface area contributed by atoms with E-state index in [4.69, 9.17) is 27.9 Å². The summed E-state index contributed by atoms with van der Waals surface area (Å²) in [4.78, 5) is 22.9. The Morgan fingerprint density at radius 2 is 1.79 bits per heavy atom. The highest BCUT2D eigenvalue weighted by molar-refractivity contribution is 6.35. The number of amides is 1. The van der Waals surface area contributed by atoms with Gasteiger partial charge < -0.3 is 9.30 Å². The summed E-state index contributed by atoms with van der Waals surface area (Å²) in [6, 6.07) is 21.1. The Kier molecular flexibility index (Phi) is 8.45. The zero-order valence-corrected chi connectivity index (χ0v) is 22.2. The van der Waals surface area contributed by atoms with Gasteiger partial charge in [-0.3, -0.25) is 14.9 Å². The summed E-state index contributed by atoms with van der Waals surface area (Å²) in [5.41, 5.74) is 7.20. The van der Waals surface area contributed by atoms with Crippen molar-refractivity contribution in [1.82, 2.24) is 9.99 Å². The molecule has 0 aliphatic rings. The number of nitro benzene ring substituents is 1. The number of hydrogen-bond acceptors (Lipinski definition) is 5. The standard InChI is InChI=1S/C28H24Cl2N4O4/c1-18-13-22(16-31-32-28(35)14-20-5-3-4-6-27(20)34(36)37)19(2)33(18)24-9-11-25(12-10-24)38-17-21-7-8-23(29)15-26(21)30/h3-13,15-16H,14,17H2,1-2H3,(H,32,35)/b31-16+. The van der Waals surface area contributed by atoms with Gasteiger partial charge in [-0.05, 0) is 56.3 Å². The average Bonchev–Trinajstić information content (AvgIpc) is 3.16. The van der Waals surface area contributed by atoms with E-state index in [0.29, 0.717) is 28.0 Å². The van der Waals surface area contributed by atoms with Crippen LogP contribution in [0.1, 0.15) is 28.1 Å². The number of hydrazone groups is 1. The van der Waals surface area contributed by atoms with Gasteiger partial charge in [-0.15, -0.1) is 0 Å². The van der Waals surface area contributed by atoms with Gasteiger partial charge in [0.15, 0.2) is 0 Å². The lowest BCUT2D eigenvalue weighted by Gasteiger charge is -2.12. The third kappa shape index (κ3) is 6.40. The Hall–Kier alpha value is -4.14. The Labute approximate surface area is 229 Å². The van der Waals surface area contributed by atoms with Crippen LogP contribution >= 0.6 is 23.2 Å². The minimum atomic E-state index is -0.505. The van der Waals surface area contributed by atoms with E-state index in [1.165, 1.54) is 6.07 Å². The summed E-state index contributed by atoms with van der Waals surface area (Å²) < 4.78 is 7.94. The predicted octanol–water partition coefficient (Wildman–Crippen LogP) is 6.58. The van der Waals surface area contributed by atoms with Gasteiger partial charge in [0.25, 0.3) is 5.69 Å². The van der Waals surface area contributed by atoms with Crippen LogP contribution in [0, 0.1) is 24.0 Å². The number of ether oxygens (including phenoxy) is 1. The maximum atomic E-state index is 12.3. The highest BCUT2D eigenvalue weighted by atomic mass is 35.5. The fourth-order valence-electron chi connectivity index (χ4n) is 4.03. The highest BCUT2D eigenvalue weighted by Gasteiger charge is 2.15. The van der Waals surface area contributed by atoms with Gasteiger partial charge in [0.05, 0.1) is 17.6 Å². The van der Waals surface area contributed by atoms with Crippen molar-refractivity contribution in [1.29, 1.82) is 0 Å². The molecule has 0 bridgehead atoms. The molecule has 10 heteroatoms. The van der Waals surface area contributed by atoms with Crippen LogP contribution in [0.2, 0.25) is 10.0 Å². The van der Waals surface area contributed by atoms with Crippen LogP contribution in [0.25, 0.3) is 5.69 Å². The number of nitrogens with one attached hydrogen (secondary N) is 1. The summed E-state index contributed by atoms with van der Waals surface area (Å²) >= 11 is 12.2. The van der Waals surface area contributed by atoms with E-state index >= 15 is 0 Å². The number of nitro groups is 1. The Balaban J connectivity index is 1.40. The number of rotatable bonds is 9. The van der Waals surface area contributed by atoms with E-state index in [1.807, 2.05) is 50.2 Å². The average molecular weight is 551 g/mol. The van der Waals surface area contributed by atoms with Crippen LogP contribution in [-0.2, 0) is 17.8 Å². The molecule has 1 amide bonds. The fraction of sp³-hybridized carbons (Fsp3) is 0.143. The molecule has 8 nitrogen and oxygen atoms in total. The minimum absolute atomic E-state index is 0.0969. The van der Waals surface area contributed by atoms with E-state index < -0.39 is 10.8 Å². The van der Waals surface area contributed by atoms with Crippen LogP contribution in [0.4, 0.5) is 5.69 Å². The molecule has 0 aliphatic heterocycles. The quantitative estimate of drug-likeness (QED) is 0.144. The second kappa shape index (κ2) is 11.9. The molecule has 4 rings (SSSR count). The van der Waals surface area contributed by atoms with Crippen LogP contribution < -0.4 is 10.2 Å². The van der Waals surface area contributed by atoms with Crippen LogP contribution in [0.5, 0.6) is 5.75 Å². The number of nitrogens with zero attached hydrogens (tertiary/aromatic N) is 3. The lowest BCUT2D eigenvalue weighted by molar-refractivity contribution is -0.385. The van der Waals surface area contributed by atoms with Gasteiger partial charge in [-0.1, -0.05) is 47.5 Å². The predicted molar refractivity (Wildman–Crippen MR) is 149 cm³/mol. The van der Waals surface area contributed by atoms with Gasteiger partial charge in [0.1, 0.15) is 12.4 Å². The van der Waals surface area contributed by atoms with Gasteiger partial charge >= 0.3 is 0 Å². The Morgan fingerprint density at radius 1 is 1.05 bits per heavy atom. The van der Waals surface area contributed by atoms with E-state index in [2.05, 4.69) is 15.1 Å². The van der Waals surface area contributed by atoms with Crippen molar-refractivity contribution in [3.63, 3.8) is 0 Å². The molecule has 194 valence electrons. The SMILES string of the molecule is Cc1cc(/C=N/NC(=O)Cc2ccccc2[N+](=O)[O-])c(C)n1-c1ccc(OCc2ccc(Cl)cc2Cl)cc1. The molecule has 1 aromatic heterocycles. The van der Waals surface area contributed by atoms with Crippen molar-refractivity contribution in [2.24, 2.45) is 5.10 Å². The van der Waals surface area contributed by atoms with Crippen molar-refractivity contribution in [2.45, 2.75) is 26.9 Å². The molecule has 1 N–H and O–H groups in total. The number of para-hydroxylation sites is 1. The number of carbonyl (C=O) groups excluding carboxylic acids is 1. The summed E-state index contributed by atoms with van der Waals surface area (Å²) in [7, 11) is 0. The van der Waals surface area contributed by atoms with E-state index in [9.17, 15) is 14.9 Å². The van der Waals surface area contributed by atoms with Crippen molar-refractivity contribution in [3.8, 4) is 11.4 Å². The molecule has 0 atom stereocenters. The maximum Gasteiger partial charge on any atom is 0.273 e. The highest BCUT2D eigenvalue weighted by Crippen LogP contribution is 2.25. The molecule has 3 aromatic carbocycles. The zero-order valence-electron chi connectivity index (χ0n) is 20.7. The molecular weight excluding hydrogens is 527 g/mol. The smallest absolute Gasteiger partial charge is 0.273 e. The van der Waals surface area contributed by atoms with Crippen molar-refractivity contribution >= 4 is 41.0 Å². The molecule has 4 aromatic rings. The minimum Gasteiger partial charge on any atom is -0.489 e. The van der Waals surface area contributed by atoms with E-state index in [-0.39, 0.29) is 12.1 Å². The van der Waals surface area contributed by atoms with Crippen molar-refractivity contribution < 1.29 is 14.5 Å². The molecule has 0 aliphatic carbocycles. The van der Waals surface area contributed by atoms with Crippen LogP contribution in [0.3, 0.4) is 0 Å². The number of carbonyl (C=O) groups is 1. The summed E-state index contributed by atoms with van der Waals surface area (Å²) in [6.07, 6.45) is 1.41. The van der Waals surface area contributed by atoms with Gasteiger partial charge in [0.2, 0.25) is 5.91 Å². The Bertz CT molecular complexity index is 1510. The number of aryl methyl sites for hydroxylation is 1. The van der Waals surface area contributed by atoms with Crippen molar-refractivity contribution in [2.75, 3.05) is 0 Å². The molecule has 0 saturated heterocycles. The Morgan fingerprint density at radius 3 is 2.50 bits per heavy atom. The van der Waals surface area contributed by atoms with E-state index in [1.54, 1.807) is 36.5 Å². The first-order chi connectivity index (χ1) is 18.2. The number of aromatic nitrogens is 1. The molecule has 0 radical (unpaired) electrons. The normalized spacial score (nSPS) is 11.1. The summed E-state index contributed by atoms with van der Waals surface area (Å²) in [5.74, 6) is 0.255. The lowest BCUT2D eigenvalue weighted by atomic mass is 10.1. The third-order valence-corrected chi connectivity index (χ3v) is 6.49. The second-order valence-electron chi connectivity index (χ2n) is 8.54. The fourth-order valence-corrected chi connectivity index (χ4v) is 4.49. The maximum absolute atomic E-state index is 12.3. The topological polar surface area (TPSA) is 98.8 Å². The van der Waals surface area contributed by atoms with E-state index in [0.717, 1.165) is 28.2 Å². The lowest BCUT2D eigenvalue weighted by Crippen LogP contribution is -2.20. The molecule has 0 saturated carbocycles. The van der Waals surface area contributed by atoms with Crippen LogP contribution in [0.15, 0.2) is 77.9 Å². The van der Waals surface area contributed by atoms with Gasteiger partial charge in [-0.2, -0.15) is 5.10 Å². The first-order valence-electron chi connectivity index (χ1n) is 11.6. The molecular formula is C28H24Cl2N4O4. The second-order valence-corrected chi connectivity index (χ2v) is 9.38. The first kappa shape index (κ1) is 26.9. The monoisotopic (exact) mass is 550 g/mol. The first-order valence-corrected chi connectivity index (χ1v) is 12.4. The largest absolute Gasteiger partial charge is 0.489 e. The number of benzene rings is 3. The van der Waals surface area contributed by atoms with Crippen LogP contribution in [-0.4, -0.2) is 21.6 Å². The molecule has 0 unspecified atom stereocenters. The zero-order chi connectivity index (χ0) is 27.2. The third-order valence-electron chi connectivity index (χ3n) is 5.91. The molecule has 38 heavy (non-hydrogen) atoms. The number of hydrogen-bond donors (Lipinski definition) is 1. The summed E-state index contributed by atoms with van der Waals surface area (Å²) in [6.45, 7) is 4.25. The number of halogens is 2. The van der Waals surface area contributed by atoms with Gasteiger partial charge in [-0.25, -0.2) is 5.43 Å². The molecule has 0 fully saturated rings. The summed E-state index contributed by atoms with van der Waals surface area (Å²) in [5, 5.41) is 16.3. The van der Waals surface area contributed by atoms with Gasteiger partial charge in [0, 0.05) is 49.9 Å². The van der Waals surface area contributed by atoms with Crippen molar-refractivity contribution in [3.05, 3.63) is 121 Å².